The summed E-state index contributed by atoms with van der Waals surface area (Å²) in [6.45, 7) is 5.71. The van der Waals surface area contributed by atoms with Gasteiger partial charge in [-0.25, -0.2) is 9.37 Å². The van der Waals surface area contributed by atoms with Crippen molar-refractivity contribution in [1.82, 2.24) is 39.7 Å². The molecule has 2 N–H and O–H groups in total. The molecular formula is C21H18FN9. The number of H-pyrrole nitrogens is 1. The number of rotatable bonds is 4. The summed E-state index contributed by atoms with van der Waals surface area (Å²) in [7, 11) is 0. The third-order valence-corrected chi connectivity index (χ3v) is 5.12. The number of halogens is 1. The van der Waals surface area contributed by atoms with Gasteiger partial charge in [0.25, 0.3) is 0 Å². The lowest BCUT2D eigenvalue weighted by molar-refractivity contribution is 0.624. The standard InChI is InChI=1S/C21H18FN9/c1-11-6-15(16(22)9-24-11)18-19(14-7-26-27-8-14)25-10-31-20(18)29-21(30-31)28-17-4-5-23-13(3)12(17)2/h4-10H,1-3H3,(H,26,27)(H,23,28,30). The van der Waals surface area contributed by atoms with Crippen molar-refractivity contribution in [3.8, 4) is 22.4 Å². The molecule has 0 amide bonds. The summed E-state index contributed by atoms with van der Waals surface area (Å²) in [4.78, 5) is 17.5. The predicted octanol–water partition coefficient (Wildman–Crippen LogP) is 3.78. The molecule has 0 aliphatic carbocycles. The molecule has 0 spiro atoms. The van der Waals surface area contributed by atoms with E-state index in [2.05, 4.69) is 40.5 Å². The van der Waals surface area contributed by atoms with Crippen molar-refractivity contribution < 1.29 is 4.39 Å². The van der Waals surface area contributed by atoms with Gasteiger partial charge in [-0.2, -0.15) is 14.6 Å². The first-order valence-electron chi connectivity index (χ1n) is 9.57. The molecule has 0 fully saturated rings. The fourth-order valence-electron chi connectivity index (χ4n) is 3.39. The van der Waals surface area contributed by atoms with E-state index in [1.807, 2.05) is 19.9 Å². The number of hydrogen-bond donors (Lipinski definition) is 2. The Balaban J connectivity index is 1.73. The van der Waals surface area contributed by atoms with Crippen molar-refractivity contribution in [3.05, 3.63) is 66.0 Å². The van der Waals surface area contributed by atoms with E-state index in [9.17, 15) is 4.39 Å². The van der Waals surface area contributed by atoms with Crippen LogP contribution >= 0.6 is 0 Å². The summed E-state index contributed by atoms with van der Waals surface area (Å²) in [5, 5.41) is 14.5. The van der Waals surface area contributed by atoms with Crippen molar-refractivity contribution in [3.63, 3.8) is 0 Å². The number of anilines is 2. The zero-order valence-corrected chi connectivity index (χ0v) is 17.0. The van der Waals surface area contributed by atoms with Gasteiger partial charge in [0.2, 0.25) is 5.95 Å². The van der Waals surface area contributed by atoms with Crippen molar-refractivity contribution in [2.75, 3.05) is 5.32 Å². The van der Waals surface area contributed by atoms with Crippen LogP contribution in [0.1, 0.15) is 17.0 Å². The van der Waals surface area contributed by atoms with Crippen LogP contribution in [0.5, 0.6) is 0 Å². The lowest BCUT2D eigenvalue weighted by Gasteiger charge is -2.10. The molecule has 5 rings (SSSR count). The Morgan fingerprint density at radius 1 is 1.10 bits per heavy atom. The highest BCUT2D eigenvalue weighted by Gasteiger charge is 2.21. The van der Waals surface area contributed by atoms with Crippen LogP contribution in [0.4, 0.5) is 16.0 Å². The Morgan fingerprint density at radius 2 is 1.97 bits per heavy atom. The molecule has 5 aromatic heterocycles. The van der Waals surface area contributed by atoms with Crippen molar-refractivity contribution in [1.29, 1.82) is 0 Å². The minimum absolute atomic E-state index is 0.344. The Labute approximate surface area is 176 Å². The predicted molar refractivity (Wildman–Crippen MR) is 113 cm³/mol. The van der Waals surface area contributed by atoms with Gasteiger partial charge in [0.15, 0.2) is 5.65 Å². The number of fused-ring (bicyclic) bond motifs is 1. The molecule has 5 heterocycles. The molecule has 0 saturated heterocycles. The number of hydrogen-bond acceptors (Lipinski definition) is 7. The van der Waals surface area contributed by atoms with Crippen LogP contribution in [0, 0.1) is 26.6 Å². The van der Waals surface area contributed by atoms with Crippen molar-refractivity contribution in [2.24, 2.45) is 0 Å². The lowest BCUT2D eigenvalue weighted by Crippen LogP contribution is -1.99. The second-order valence-corrected chi connectivity index (χ2v) is 7.16. The zero-order chi connectivity index (χ0) is 21.5. The lowest BCUT2D eigenvalue weighted by atomic mass is 10.0. The molecule has 0 aliphatic rings. The summed E-state index contributed by atoms with van der Waals surface area (Å²) in [5.74, 6) is -0.101. The maximum absolute atomic E-state index is 14.9. The highest BCUT2D eigenvalue weighted by atomic mass is 19.1. The van der Waals surface area contributed by atoms with E-state index in [1.165, 1.54) is 10.7 Å². The first-order chi connectivity index (χ1) is 15.0. The quantitative estimate of drug-likeness (QED) is 0.460. The Morgan fingerprint density at radius 3 is 2.77 bits per heavy atom. The van der Waals surface area contributed by atoms with Gasteiger partial charge in [-0.15, -0.1) is 5.10 Å². The van der Waals surface area contributed by atoms with Crippen LogP contribution in [-0.2, 0) is 0 Å². The van der Waals surface area contributed by atoms with Gasteiger partial charge in [-0.05, 0) is 38.5 Å². The van der Waals surface area contributed by atoms with Gasteiger partial charge in [-0.1, -0.05) is 0 Å². The van der Waals surface area contributed by atoms with Crippen LogP contribution in [0.3, 0.4) is 0 Å². The van der Waals surface area contributed by atoms with Gasteiger partial charge >= 0.3 is 0 Å². The summed E-state index contributed by atoms with van der Waals surface area (Å²) in [5.41, 5.74) is 6.00. The molecule has 0 atom stereocenters. The minimum atomic E-state index is -0.469. The summed E-state index contributed by atoms with van der Waals surface area (Å²) < 4.78 is 16.4. The highest BCUT2D eigenvalue weighted by Crippen LogP contribution is 2.35. The Hall–Kier alpha value is -4.21. The Kier molecular flexibility index (Phi) is 4.39. The normalized spacial score (nSPS) is 11.2. The maximum atomic E-state index is 14.9. The Bertz CT molecular complexity index is 1410. The van der Waals surface area contributed by atoms with Crippen LogP contribution in [0.25, 0.3) is 28.0 Å². The first-order valence-corrected chi connectivity index (χ1v) is 9.57. The van der Waals surface area contributed by atoms with Gasteiger partial charge in [0, 0.05) is 40.6 Å². The fraction of sp³-hybridized carbons (Fsp3) is 0.143. The monoisotopic (exact) mass is 415 g/mol. The number of aromatic nitrogens is 8. The summed E-state index contributed by atoms with van der Waals surface area (Å²) >= 11 is 0. The summed E-state index contributed by atoms with van der Waals surface area (Å²) in [6.07, 6.45) is 7.81. The maximum Gasteiger partial charge on any atom is 0.247 e. The topological polar surface area (TPSA) is 110 Å². The second-order valence-electron chi connectivity index (χ2n) is 7.16. The molecule has 0 bridgehead atoms. The molecule has 31 heavy (non-hydrogen) atoms. The molecule has 9 nitrogen and oxygen atoms in total. The van der Waals surface area contributed by atoms with Crippen molar-refractivity contribution >= 4 is 17.3 Å². The number of nitrogens with zero attached hydrogens (tertiary/aromatic N) is 7. The van der Waals surface area contributed by atoms with Crippen LogP contribution in [-0.4, -0.2) is 39.7 Å². The van der Waals surface area contributed by atoms with E-state index in [4.69, 9.17) is 0 Å². The fourth-order valence-corrected chi connectivity index (χ4v) is 3.39. The van der Waals surface area contributed by atoms with Crippen LogP contribution in [0.2, 0.25) is 0 Å². The minimum Gasteiger partial charge on any atom is -0.323 e. The average Bonchev–Trinajstić information content (AvgIpc) is 3.42. The third-order valence-electron chi connectivity index (χ3n) is 5.12. The van der Waals surface area contributed by atoms with Crippen LogP contribution < -0.4 is 5.32 Å². The molecule has 0 saturated carbocycles. The molecular weight excluding hydrogens is 397 g/mol. The number of pyridine rings is 2. The van der Waals surface area contributed by atoms with Gasteiger partial charge in [0.1, 0.15) is 12.1 Å². The molecule has 0 radical (unpaired) electrons. The van der Waals surface area contributed by atoms with Gasteiger partial charge in [0.05, 0.1) is 23.7 Å². The van der Waals surface area contributed by atoms with E-state index in [-0.39, 0.29) is 0 Å². The molecule has 0 unspecified atom stereocenters. The van der Waals surface area contributed by atoms with E-state index < -0.39 is 5.82 Å². The number of nitrogens with one attached hydrogen (secondary N) is 2. The SMILES string of the molecule is Cc1cc(-c2c(-c3cn[nH]c3)ncn3nc(Nc4ccnc(C)c4C)nc23)c(F)cn1. The highest BCUT2D eigenvalue weighted by molar-refractivity contribution is 5.90. The molecule has 154 valence electrons. The van der Waals surface area contributed by atoms with Crippen molar-refractivity contribution in [2.45, 2.75) is 20.8 Å². The van der Waals surface area contributed by atoms with Crippen LogP contribution in [0.15, 0.2) is 43.2 Å². The van der Waals surface area contributed by atoms with Gasteiger partial charge in [-0.3, -0.25) is 15.1 Å². The average molecular weight is 415 g/mol. The molecule has 0 aromatic carbocycles. The zero-order valence-electron chi connectivity index (χ0n) is 17.0. The van der Waals surface area contributed by atoms with E-state index in [1.54, 1.807) is 37.9 Å². The van der Waals surface area contributed by atoms with E-state index in [0.717, 1.165) is 16.9 Å². The third kappa shape index (κ3) is 3.27. The van der Waals surface area contributed by atoms with E-state index in [0.29, 0.717) is 39.7 Å². The first kappa shape index (κ1) is 18.8. The molecule has 5 aromatic rings. The smallest absolute Gasteiger partial charge is 0.247 e. The molecule has 10 heteroatoms. The largest absolute Gasteiger partial charge is 0.323 e. The van der Waals surface area contributed by atoms with E-state index >= 15 is 0 Å². The number of aryl methyl sites for hydroxylation is 2. The summed E-state index contributed by atoms with van der Waals surface area (Å²) in [6, 6.07) is 3.53. The molecule has 0 aliphatic heterocycles. The number of aromatic amines is 1. The second kappa shape index (κ2) is 7.24. The van der Waals surface area contributed by atoms with Gasteiger partial charge < -0.3 is 5.32 Å².